The third-order valence-electron chi connectivity index (χ3n) is 7.96. The van der Waals surface area contributed by atoms with Crippen molar-refractivity contribution in [2.75, 3.05) is 26.9 Å². The van der Waals surface area contributed by atoms with Crippen LogP contribution in [0, 0.1) is 0 Å². The molecule has 0 aliphatic carbocycles. The van der Waals surface area contributed by atoms with Crippen LogP contribution in [-0.4, -0.2) is 44.8 Å². The molecule has 0 N–H and O–H groups in total. The number of rotatable bonds is 29. The van der Waals surface area contributed by atoms with Gasteiger partial charge in [0.05, 0.1) is 26.9 Å². The van der Waals surface area contributed by atoms with Crippen molar-refractivity contribution in [2.24, 2.45) is 0 Å². The van der Waals surface area contributed by atoms with Gasteiger partial charge in [-0.2, -0.15) is 0 Å². The van der Waals surface area contributed by atoms with Crippen LogP contribution in [0.15, 0.2) is 54.6 Å². The number of benzene rings is 1. The number of carbonyl (C=O) groups is 3. The van der Waals surface area contributed by atoms with E-state index in [1.54, 1.807) is 19.9 Å². The highest BCUT2D eigenvalue weighted by molar-refractivity contribution is 5.87. The van der Waals surface area contributed by atoms with E-state index in [-0.39, 0.29) is 17.9 Å². The summed E-state index contributed by atoms with van der Waals surface area (Å²) in [5.41, 5.74) is 1.83. The minimum atomic E-state index is -0.380. The van der Waals surface area contributed by atoms with Gasteiger partial charge in [-0.3, -0.25) is 0 Å². The van der Waals surface area contributed by atoms with Gasteiger partial charge < -0.3 is 18.9 Å². The molecule has 0 aliphatic rings. The SMILES string of the molecule is C=C(C)C(=O)OCCCCCCCCCCCCCCCCCC.C=C(C)C(=O)OCCCCCCOc1ccc(/C=C/C(=O)OC)cc1. The van der Waals surface area contributed by atoms with Crippen molar-refractivity contribution < 1.29 is 33.3 Å². The number of esters is 3. The van der Waals surface area contributed by atoms with E-state index in [9.17, 15) is 14.4 Å². The molecular weight excluding hydrogens is 616 g/mol. The molecule has 0 radical (unpaired) electrons. The first-order valence-corrected chi connectivity index (χ1v) is 18.8. The molecule has 1 aromatic carbocycles. The summed E-state index contributed by atoms with van der Waals surface area (Å²) in [6.45, 7) is 14.3. The minimum Gasteiger partial charge on any atom is -0.494 e. The summed E-state index contributed by atoms with van der Waals surface area (Å²) < 4.78 is 20.3. The maximum Gasteiger partial charge on any atom is 0.333 e. The fraction of sp³-hybridized carbons (Fsp3) is 0.643. The van der Waals surface area contributed by atoms with Crippen LogP contribution in [-0.2, 0) is 28.6 Å². The van der Waals surface area contributed by atoms with E-state index in [1.807, 2.05) is 24.3 Å². The Balaban J connectivity index is 0.000000942. The third kappa shape index (κ3) is 30.4. The largest absolute Gasteiger partial charge is 0.494 e. The summed E-state index contributed by atoms with van der Waals surface area (Å²) in [6, 6.07) is 7.50. The molecule has 0 amide bonds. The molecule has 1 rings (SSSR count). The average molecular weight is 685 g/mol. The molecule has 0 atom stereocenters. The smallest absolute Gasteiger partial charge is 0.333 e. The molecular formula is C42H68O7. The molecule has 0 unspecified atom stereocenters. The molecule has 7 heteroatoms. The minimum absolute atomic E-state index is 0.254. The highest BCUT2D eigenvalue weighted by Crippen LogP contribution is 2.15. The quantitative estimate of drug-likeness (QED) is 0.0359. The maximum absolute atomic E-state index is 11.2. The highest BCUT2D eigenvalue weighted by atomic mass is 16.5. The van der Waals surface area contributed by atoms with Gasteiger partial charge in [-0.05, 0) is 69.7 Å². The lowest BCUT2D eigenvalue weighted by Crippen LogP contribution is -2.06. The van der Waals surface area contributed by atoms with Crippen LogP contribution >= 0.6 is 0 Å². The summed E-state index contributed by atoms with van der Waals surface area (Å²) in [7, 11) is 1.35. The van der Waals surface area contributed by atoms with Crippen LogP contribution in [0.1, 0.15) is 155 Å². The molecule has 0 saturated carbocycles. The Labute approximate surface area is 298 Å². The van der Waals surface area contributed by atoms with Crippen LogP contribution < -0.4 is 4.74 Å². The lowest BCUT2D eigenvalue weighted by molar-refractivity contribution is -0.139. The van der Waals surface area contributed by atoms with Crippen LogP contribution in [0.2, 0.25) is 0 Å². The summed E-state index contributed by atoms with van der Waals surface area (Å²) >= 11 is 0. The lowest BCUT2D eigenvalue weighted by Gasteiger charge is -2.07. The molecule has 0 fully saturated rings. The molecule has 0 aromatic heterocycles. The summed E-state index contributed by atoms with van der Waals surface area (Å²) in [4.78, 5) is 33.4. The predicted molar refractivity (Wildman–Crippen MR) is 203 cm³/mol. The van der Waals surface area contributed by atoms with Gasteiger partial charge in [-0.1, -0.05) is 129 Å². The number of methoxy groups -OCH3 is 1. The van der Waals surface area contributed by atoms with Gasteiger partial charge in [-0.15, -0.1) is 0 Å². The second-order valence-corrected chi connectivity index (χ2v) is 12.8. The van der Waals surface area contributed by atoms with Gasteiger partial charge in [0.2, 0.25) is 0 Å². The third-order valence-corrected chi connectivity index (χ3v) is 7.96. The van der Waals surface area contributed by atoms with Gasteiger partial charge in [-0.25, -0.2) is 14.4 Å². The standard InChI is InChI=1S/C22H42O2.C20H26O5/c1-4-5-6-7-8-9-10-11-12-13-14-15-16-17-18-19-20-24-22(23)21(2)3;1-16(2)20(22)25-15-7-5-4-6-14-24-18-11-8-17(9-12-18)10-13-19(21)23-3/h2,4-20H2,1,3H3;8-13H,1,4-7,14-15H2,2-3H3/b;13-10+. The van der Waals surface area contributed by atoms with Gasteiger partial charge in [0, 0.05) is 17.2 Å². The monoisotopic (exact) mass is 684 g/mol. The Hall–Kier alpha value is -3.35. The van der Waals surface area contributed by atoms with Crippen LogP contribution in [0.25, 0.3) is 6.08 Å². The van der Waals surface area contributed by atoms with Crippen LogP contribution in [0.5, 0.6) is 5.75 Å². The van der Waals surface area contributed by atoms with Gasteiger partial charge >= 0.3 is 17.9 Å². The molecule has 0 spiro atoms. The Bertz CT molecular complexity index is 1040. The zero-order valence-corrected chi connectivity index (χ0v) is 31.5. The highest BCUT2D eigenvalue weighted by Gasteiger charge is 2.03. The van der Waals surface area contributed by atoms with Crippen molar-refractivity contribution >= 4 is 24.0 Å². The van der Waals surface area contributed by atoms with Crippen molar-refractivity contribution in [3.63, 3.8) is 0 Å². The first-order valence-electron chi connectivity index (χ1n) is 18.8. The van der Waals surface area contributed by atoms with Crippen molar-refractivity contribution in [3.8, 4) is 5.75 Å². The van der Waals surface area contributed by atoms with E-state index in [2.05, 4.69) is 24.8 Å². The second-order valence-electron chi connectivity index (χ2n) is 12.8. The Morgan fingerprint density at radius 3 is 1.31 bits per heavy atom. The van der Waals surface area contributed by atoms with E-state index in [1.165, 1.54) is 109 Å². The van der Waals surface area contributed by atoms with Gasteiger partial charge in [0.1, 0.15) is 5.75 Å². The van der Waals surface area contributed by atoms with Gasteiger partial charge in [0.15, 0.2) is 0 Å². The van der Waals surface area contributed by atoms with E-state index in [0.717, 1.165) is 43.4 Å². The molecule has 278 valence electrons. The zero-order chi connectivity index (χ0) is 36.4. The maximum atomic E-state index is 11.2. The predicted octanol–water partition coefficient (Wildman–Crippen LogP) is 11.3. The number of ether oxygens (including phenoxy) is 4. The van der Waals surface area contributed by atoms with Crippen molar-refractivity contribution in [2.45, 2.75) is 149 Å². The van der Waals surface area contributed by atoms with Crippen LogP contribution in [0.4, 0.5) is 0 Å². The number of hydrogen-bond donors (Lipinski definition) is 0. The van der Waals surface area contributed by atoms with Crippen molar-refractivity contribution in [3.05, 3.63) is 60.2 Å². The first kappa shape index (κ1) is 45.6. The van der Waals surface area contributed by atoms with Crippen molar-refractivity contribution in [1.82, 2.24) is 0 Å². The Morgan fingerprint density at radius 1 is 0.571 bits per heavy atom. The molecule has 0 bridgehead atoms. The van der Waals surface area contributed by atoms with Gasteiger partial charge in [0.25, 0.3) is 0 Å². The first-order chi connectivity index (χ1) is 23.7. The normalized spacial score (nSPS) is 10.6. The number of unbranched alkanes of at least 4 members (excludes halogenated alkanes) is 18. The summed E-state index contributed by atoms with van der Waals surface area (Å²) in [5.74, 6) is -0.163. The van der Waals surface area contributed by atoms with Crippen LogP contribution in [0.3, 0.4) is 0 Å². The summed E-state index contributed by atoms with van der Waals surface area (Å²) in [6.07, 6.45) is 28.6. The van der Waals surface area contributed by atoms with E-state index >= 15 is 0 Å². The lowest BCUT2D eigenvalue weighted by atomic mass is 10.0. The second kappa shape index (κ2) is 33.2. The zero-order valence-electron chi connectivity index (χ0n) is 31.5. The molecule has 0 heterocycles. The number of hydrogen-bond acceptors (Lipinski definition) is 7. The van der Waals surface area contributed by atoms with E-state index in [4.69, 9.17) is 14.2 Å². The molecule has 49 heavy (non-hydrogen) atoms. The molecule has 1 aromatic rings. The average Bonchev–Trinajstić information content (AvgIpc) is 3.10. The number of carbonyl (C=O) groups excluding carboxylic acids is 3. The van der Waals surface area contributed by atoms with Crippen molar-refractivity contribution in [1.29, 1.82) is 0 Å². The fourth-order valence-electron chi connectivity index (χ4n) is 4.88. The molecule has 0 saturated heterocycles. The Kier molecular flexibility index (Phi) is 30.9. The molecule has 7 nitrogen and oxygen atoms in total. The van der Waals surface area contributed by atoms with E-state index in [0.29, 0.717) is 31.0 Å². The topological polar surface area (TPSA) is 88.1 Å². The fourth-order valence-corrected chi connectivity index (χ4v) is 4.88. The summed E-state index contributed by atoms with van der Waals surface area (Å²) in [5, 5.41) is 0. The molecule has 0 aliphatic heterocycles. The van der Waals surface area contributed by atoms with E-state index < -0.39 is 0 Å². The Morgan fingerprint density at radius 2 is 0.939 bits per heavy atom.